The number of anilines is 1. The second kappa shape index (κ2) is 5.44. The van der Waals surface area contributed by atoms with Gasteiger partial charge in [0.15, 0.2) is 11.5 Å². The molecule has 0 unspecified atom stereocenters. The molecule has 1 amide bonds. The fourth-order valence-corrected chi connectivity index (χ4v) is 1.49. The van der Waals surface area contributed by atoms with E-state index in [2.05, 4.69) is 44.8 Å². The first kappa shape index (κ1) is 12.3. The first-order chi connectivity index (χ1) is 8.65. The van der Waals surface area contributed by atoms with Gasteiger partial charge in [-0.2, -0.15) is 20.5 Å². The van der Waals surface area contributed by atoms with Gasteiger partial charge in [-0.1, -0.05) is 13.8 Å². The summed E-state index contributed by atoms with van der Waals surface area (Å²) in [6, 6.07) is 1.83. The van der Waals surface area contributed by atoms with Crippen LogP contribution in [0.15, 0.2) is 12.3 Å². The van der Waals surface area contributed by atoms with Crippen LogP contribution >= 0.6 is 0 Å². The van der Waals surface area contributed by atoms with Gasteiger partial charge < -0.3 is 5.32 Å². The van der Waals surface area contributed by atoms with Gasteiger partial charge in [-0.3, -0.25) is 9.89 Å². The molecule has 18 heavy (non-hydrogen) atoms. The second-order valence-corrected chi connectivity index (χ2v) is 4.52. The van der Waals surface area contributed by atoms with Crippen LogP contribution in [0.3, 0.4) is 0 Å². The monoisotopic (exact) mass is 248 g/mol. The summed E-state index contributed by atoms with van der Waals surface area (Å²) >= 11 is 0. The van der Waals surface area contributed by atoms with E-state index in [1.54, 1.807) is 0 Å². The van der Waals surface area contributed by atoms with Crippen LogP contribution in [0.4, 0.5) is 5.82 Å². The number of amides is 1. The third kappa shape index (κ3) is 3.16. The van der Waals surface area contributed by atoms with Crippen LogP contribution in [0.5, 0.6) is 0 Å². The third-order valence-corrected chi connectivity index (χ3v) is 2.51. The van der Waals surface area contributed by atoms with Gasteiger partial charge in [0.2, 0.25) is 0 Å². The van der Waals surface area contributed by atoms with Gasteiger partial charge in [-0.05, 0) is 18.8 Å². The smallest absolute Gasteiger partial charge is 0.279 e. The van der Waals surface area contributed by atoms with Gasteiger partial charge >= 0.3 is 0 Å². The Labute approximate surface area is 104 Å². The van der Waals surface area contributed by atoms with Gasteiger partial charge in [-0.25, -0.2) is 0 Å². The summed E-state index contributed by atoms with van der Waals surface area (Å²) in [4.78, 5) is 11.7. The van der Waals surface area contributed by atoms with Crippen LogP contribution in [0.25, 0.3) is 0 Å². The number of carbonyl (C=O) groups is 1. The number of aryl methyl sites for hydroxylation is 1. The minimum atomic E-state index is -0.328. The van der Waals surface area contributed by atoms with Crippen molar-refractivity contribution in [3.63, 3.8) is 0 Å². The van der Waals surface area contributed by atoms with E-state index in [9.17, 15) is 4.79 Å². The molecule has 0 atom stereocenters. The van der Waals surface area contributed by atoms with Crippen LogP contribution in [-0.4, -0.2) is 31.5 Å². The molecule has 0 spiro atoms. The van der Waals surface area contributed by atoms with E-state index in [1.165, 1.54) is 6.20 Å². The third-order valence-electron chi connectivity index (χ3n) is 2.51. The lowest BCUT2D eigenvalue weighted by Gasteiger charge is -2.00. The van der Waals surface area contributed by atoms with Gasteiger partial charge in [0.05, 0.1) is 6.20 Å². The summed E-state index contributed by atoms with van der Waals surface area (Å²) in [5.41, 5.74) is 1.25. The molecule has 0 aliphatic carbocycles. The number of hydrogen-bond donors (Lipinski definition) is 3. The minimum Gasteiger partial charge on any atom is -0.304 e. The maximum atomic E-state index is 11.7. The molecule has 96 valence electrons. The fraction of sp³-hybridized carbons (Fsp3) is 0.455. The topological polar surface area (TPSA) is 99.3 Å². The largest absolute Gasteiger partial charge is 0.304 e. The highest BCUT2D eigenvalue weighted by Gasteiger charge is 2.10. The number of nitrogens with zero attached hydrogens (tertiary/aromatic N) is 3. The highest BCUT2D eigenvalue weighted by molar-refractivity contribution is 6.01. The van der Waals surface area contributed by atoms with E-state index in [-0.39, 0.29) is 11.6 Å². The van der Waals surface area contributed by atoms with E-state index in [1.807, 2.05) is 6.07 Å². The normalized spacial score (nSPS) is 10.8. The summed E-state index contributed by atoms with van der Waals surface area (Å²) < 4.78 is 0. The van der Waals surface area contributed by atoms with Crippen molar-refractivity contribution >= 4 is 11.7 Å². The first-order valence-corrected chi connectivity index (χ1v) is 5.86. The lowest BCUT2D eigenvalue weighted by molar-refractivity contribution is 0.102. The van der Waals surface area contributed by atoms with Crippen LogP contribution in [-0.2, 0) is 6.42 Å². The lowest BCUT2D eigenvalue weighted by atomic mass is 10.1. The number of rotatable bonds is 5. The molecule has 2 heterocycles. The van der Waals surface area contributed by atoms with E-state index >= 15 is 0 Å². The Morgan fingerprint density at radius 2 is 2.28 bits per heavy atom. The van der Waals surface area contributed by atoms with E-state index in [0.29, 0.717) is 11.7 Å². The number of nitrogens with one attached hydrogen (secondary N) is 3. The summed E-state index contributed by atoms with van der Waals surface area (Å²) in [5, 5.41) is 19.2. The summed E-state index contributed by atoms with van der Waals surface area (Å²) in [5.74, 6) is 0.814. The molecule has 2 aromatic rings. The van der Waals surface area contributed by atoms with Gasteiger partial charge in [-0.15, -0.1) is 0 Å². The minimum absolute atomic E-state index is 0.238. The molecule has 2 aromatic heterocycles. The summed E-state index contributed by atoms with van der Waals surface area (Å²) in [6.07, 6.45) is 3.37. The Morgan fingerprint density at radius 3 is 2.94 bits per heavy atom. The molecular formula is C11H16N6O. The molecule has 3 N–H and O–H groups in total. The van der Waals surface area contributed by atoms with Crippen molar-refractivity contribution in [2.45, 2.75) is 26.7 Å². The number of carbonyl (C=O) groups excluding carboxylic acids is 1. The zero-order valence-electron chi connectivity index (χ0n) is 10.4. The predicted molar refractivity (Wildman–Crippen MR) is 66.1 cm³/mol. The van der Waals surface area contributed by atoms with E-state index in [0.717, 1.165) is 18.5 Å². The van der Waals surface area contributed by atoms with Crippen molar-refractivity contribution in [3.05, 3.63) is 23.7 Å². The van der Waals surface area contributed by atoms with Crippen molar-refractivity contribution in [2.75, 3.05) is 5.32 Å². The van der Waals surface area contributed by atoms with Gasteiger partial charge in [0.25, 0.3) is 5.91 Å². The fourth-order valence-electron chi connectivity index (χ4n) is 1.49. The van der Waals surface area contributed by atoms with Crippen LogP contribution < -0.4 is 5.32 Å². The molecule has 0 aromatic carbocycles. The quantitative estimate of drug-likeness (QED) is 0.744. The van der Waals surface area contributed by atoms with Crippen LogP contribution in [0, 0.1) is 5.92 Å². The predicted octanol–water partition coefficient (Wildman–Crippen LogP) is 1.37. The molecular weight excluding hydrogens is 232 g/mol. The van der Waals surface area contributed by atoms with Gasteiger partial charge in [0.1, 0.15) is 0 Å². The van der Waals surface area contributed by atoms with Crippen molar-refractivity contribution in [1.29, 1.82) is 0 Å². The second-order valence-electron chi connectivity index (χ2n) is 4.52. The van der Waals surface area contributed by atoms with Gasteiger partial charge in [0, 0.05) is 11.8 Å². The standard InChI is InChI=1S/C11H16N6O/c1-7(2)3-4-8-5-10(16-14-8)13-11(18)9-6-12-17-15-9/h5-7H,3-4H2,1-2H3,(H,12,15,17)(H2,13,14,16,18). The zero-order chi connectivity index (χ0) is 13.0. The Morgan fingerprint density at radius 1 is 1.44 bits per heavy atom. The Balaban J connectivity index is 1.92. The number of hydrogen-bond acceptors (Lipinski definition) is 4. The highest BCUT2D eigenvalue weighted by atomic mass is 16.2. The zero-order valence-corrected chi connectivity index (χ0v) is 10.4. The molecule has 0 fully saturated rings. The number of aromatic amines is 2. The summed E-state index contributed by atoms with van der Waals surface area (Å²) in [7, 11) is 0. The Kier molecular flexibility index (Phi) is 3.71. The van der Waals surface area contributed by atoms with Crippen molar-refractivity contribution in [2.24, 2.45) is 5.92 Å². The number of aromatic nitrogens is 5. The maximum Gasteiger partial charge on any atom is 0.279 e. The first-order valence-electron chi connectivity index (χ1n) is 5.86. The van der Waals surface area contributed by atoms with E-state index < -0.39 is 0 Å². The molecule has 0 aliphatic heterocycles. The maximum absolute atomic E-state index is 11.7. The lowest BCUT2D eigenvalue weighted by Crippen LogP contribution is -2.12. The average Bonchev–Trinajstić information content (AvgIpc) is 2.97. The van der Waals surface area contributed by atoms with E-state index in [4.69, 9.17) is 0 Å². The molecule has 7 nitrogen and oxygen atoms in total. The molecule has 0 radical (unpaired) electrons. The van der Waals surface area contributed by atoms with Crippen molar-refractivity contribution in [1.82, 2.24) is 25.6 Å². The van der Waals surface area contributed by atoms with Crippen LogP contribution in [0.1, 0.15) is 36.5 Å². The number of H-pyrrole nitrogens is 2. The average molecular weight is 248 g/mol. The Hall–Kier alpha value is -2.18. The van der Waals surface area contributed by atoms with Crippen LogP contribution in [0.2, 0.25) is 0 Å². The van der Waals surface area contributed by atoms with Crippen molar-refractivity contribution < 1.29 is 4.79 Å². The molecule has 0 aliphatic rings. The molecule has 0 saturated carbocycles. The molecule has 0 bridgehead atoms. The summed E-state index contributed by atoms with van der Waals surface area (Å²) in [6.45, 7) is 4.34. The Bertz CT molecular complexity index is 501. The molecule has 7 heteroatoms. The van der Waals surface area contributed by atoms with Crippen molar-refractivity contribution in [3.8, 4) is 0 Å². The molecule has 2 rings (SSSR count). The SMILES string of the molecule is CC(C)CCc1cc(NC(=O)c2cn[nH]n2)n[nH]1. The highest BCUT2D eigenvalue weighted by Crippen LogP contribution is 2.11. The molecule has 0 saturated heterocycles.